The third-order valence-corrected chi connectivity index (χ3v) is 5.30. The number of aromatic nitrogens is 5. The Hall–Kier alpha value is -2.92. The standard InChI is InChI=1S/C17H11ClF3N5O2S/c1-28-15-14(9-3-2-4-22-7-9)26-13(27)5-10(23-16(26)29-15)8-25-12(18)6-11(24-25)17(19,20)21/h2-7H,8H2,1H3. The first-order chi connectivity index (χ1) is 13.8. The largest absolute Gasteiger partial charge is 0.486 e. The lowest BCUT2D eigenvalue weighted by molar-refractivity contribution is -0.141. The lowest BCUT2D eigenvalue weighted by atomic mass is 10.2. The first kappa shape index (κ1) is 19.4. The van der Waals surface area contributed by atoms with Crippen molar-refractivity contribution in [3.63, 3.8) is 0 Å². The van der Waals surface area contributed by atoms with E-state index in [4.69, 9.17) is 16.3 Å². The van der Waals surface area contributed by atoms with Gasteiger partial charge in [0.1, 0.15) is 10.8 Å². The average molecular weight is 442 g/mol. The van der Waals surface area contributed by atoms with E-state index in [0.717, 1.165) is 22.1 Å². The number of ether oxygens (including phenoxy) is 1. The maximum Gasteiger partial charge on any atom is 0.435 e. The topological polar surface area (TPSA) is 74.3 Å². The number of rotatable bonds is 4. The molecule has 0 spiro atoms. The Bertz CT molecular complexity index is 1250. The van der Waals surface area contributed by atoms with Crippen LogP contribution in [0, 0.1) is 0 Å². The monoisotopic (exact) mass is 441 g/mol. The number of alkyl halides is 3. The van der Waals surface area contributed by atoms with Crippen molar-refractivity contribution in [3.05, 3.63) is 63.6 Å². The first-order valence-corrected chi connectivity index (χ1v) is 9.28. The first-order valence-electron chi connectivity index (χ1n) is 8.08. The predicted molar refractivity (Wildman–Crippen MR) is 100 cm³/mol. The van der Waals surface area contributed by atoms with Gasteiger partial charge >= 0.3 is 6.18 Å². The van der Waals surface area contributed by atoms with Gasteiger partial charge in [-0.25, -0.2) is 14.1 Å². The number of thiazole rings is 1. The van der Waals surface area contributed by atoms with E-state index in [9.17, 15) is 18.0 Å². The van der Waals surface area contributed by atoms with Gasteiger partial charge in [-0.3, -0.25) is 9.78 Å². The average Bonchev–Trinajstić information content (AvgIpc) is 3.23. The van der Waals surface area contributed by atoms with Crippen molar-refractivity contribution < 1.29 is 17.9 Å². The van der Waals surface area contributed by atoms with Crippen molar-refractivity contribution in [2.75, 3.05) is 7.11 Å². The summed E-state index contributed by atoms with van der Waals surface area (Å²) >= 11 is 6.99. The molecule has 4 aromatic heterocycles. The number of nitrogens with zero attached hydrogens (tertiary/aromatic N) is 5. The molecule has 4 heterocycles. The Morgan fingerprint density at radius 3 is 2.72 bits per heavy atom. The van der Waals surface area contributed by atoms with Crippen molar-refractivity contribution in [3.8, 4) is 16.3 Å². The molecule has 0 aromatic carbocycles. The summed E-state index contributed by atoms with van der Waals surface area (Å²) in [5.74, 6) is 0. The summed E-state index contributed by atoms with van der Waals surface area (Å²) in [6, 6.07) is 5.45. The Balaban J connectivity index is 1.80. The molecule has 0 N–H and O–H groups in total. The number of hydrogen-bond acceptors (Lipinski definition) is 6. The van der Waals surface area contributed by atoms with Gasteiger partial charge in [0.2, 0.25) is 10.0 Å². The van der Waals surface area contributed by atoms with Gasteiger partial charge in [0.25, 0.3) is 5.56 Å². The normalized spacial score (nSPS) is 11.9. The van der Waals surface area contributed by atoms with E-state index in [1.165, 1.54) is 17.6 Å². The van der Waals surface area contributed by atoms with Crippen LogP contribution in [-0.4, -0.2) is 31.3 Å². The number of fused-ring (bicyclic) bond motifs is 1. The fraction of sp³-hybridized carbons (Fsp3) is 0.176. The molecule has 0 radical (unpaired) electrons. The van der Waals surface area contributed by atoms with Crippen LogP contribution in [0.5, 0.6) is 5.06 Å². The second-order valence-electron chi connectivity index (χ2n) is 5.90. The summed E-state index contributed by atoms with van der Waals surface area (Å²) in [7, 11) is 1.47. The lowest BCUT2D eigenvalue weighted by Crippen LogP contribution is -2.17. The number of hydrogen-bond donors (Lipinski definition) is 0. The summed E-state index contributed by atoms with van der Waals surface area (Å²) in [5.41, 5.74) is -0.145. The van der Waals surface area contributed by atoms with Crippen LogP contribution in [-0.2, 0) is 12.7 Å². The van der Waals surface area contributed by atoms with Crippen LogP contribution >= 0.6 is 22.9 Å². The van der Waals surface area contributed by atoms with E-state index < -0.39 is 17.4 Å². The Morgan fingerprint density at radius 1 is 1.31 bits per heavy atom. The summed E-state index contributed by atoms with van der Waals surface area (Å²) < 4.78 is 46.2. The zero-order valence-corrected chi connectivity index (χ0v) is 16.2. The van der Waals surface area contributed by atoms with Crippen LogP contribution in [0.25, 0.3) is 16.2 Å². The maximum absolute atomic E-state index is 12.8. The molecular weight excluding hydrogens is 431 g/mol. The minimum Gasteiger partial charge on any atom is -0.486 e. The van der Waals surface area contributed by atoms with Gasteiger partial charge in [-0.15, -0.1) is 0 Å². The maximum atomic E-state index is 12.8. The smallest absolute Gasteiger partial charge is 0.435 e. The lowest BCUT2D eigenvalue weighted by Gasteiger charge is -2.06. The van der Waals surface area contributed by atoms with Crippen LogP contribution < -0.4 is 10.3 Å². The molecule has 0 amide bonds. The molecule has 4 rings (SSSR count). The van der Waals surface area contributed by atoms with Gasteiger partial charge in [0.15, 0.2) is 5.69 Å². The van der Waals surface area contributed by atoms with Crippen LogP contribution in [0.15, 0.2) is 41.5 Å². The van der Waals surface area contributed by atoms with Crippen molar-refractivity contribution in [2.24, 2.45) is 0 Å². The second kappa shape index (κ2) is 7.16. The molecule has 0 bridgehead atoms. The molecule has 12 heteroatoms. The molecule has 4 aromatic rings. The van der Waals surface area contributed by atoms with E-state index in [-0.39, 0.29) is 17.4 Å². The highest BCUT2D eigenvalue weighted by Gasteiger charge is 2.34. The van der Waals surface area contributed by atoms with Gasteiger partial charge in [-0.05, 0) is 12.1 Å². The fourth-order valence-corrected chi connectivity index (χ4v) is 3.96. The number of methoxy groups -OCH3 is 1. The van der Waals surface area contributed by atoms with Crippen molar-refractivity contribution >= 4 is 27.9 Å². The van der Waals surface area contributed by atoms with Gasteiger partial charge < -0.3 is 4.74 Å². The molecule has 29 heavy (non-hydrogen) atoms. The molecule has 0 fully saturated rings. The summed E-state index contributed by atoms with van der Waals surface area (Å²) in [6.07, 6.45) is -1.43. The molecule has 0 aliphatic heterocycles. The van der Waals surface area contributed by atoms with E-state index in [1.54, 1.807) is 24.5 Å². The number of pyridine rings is 1. The molecule has 0 saturated carbocycles. The highest BCUT2D eigenvalue weighted by atomic mass is 35.5. The third-order valence-electron chi connectivity index (χ3n) is 4.00. The van der Waals surface area contributed by atoms with Crippen LogP contribution in [0.1, 0.15) is 11.4 Å². The molecule has 0 atom stereocenters. The van der Waals surface area contributed by atoms with E-state index in [1.807, 2.05) is 0 Å². The quantitative estimate of drug-likeness (QED) is 0.482. The molecule has 0 unspecified atom stereocenters. The fourth-order valence-electron chi connectivity index (χ4n) is 2.77. The zero-order valence-electron chi connectivity index (χ0n) is 14.6. The molecule has 0 saturated heterocycles. The minimum atomic E-state index is -4.62. The van der Waals surface area contributed by atoms with Crippen LogP contribution in [0.3, 0.4) is 0 Å². The van der Waals surface area contributed by atoms with Crippen molar-refractivity contribution in [1.29, 1.82) is 0 Å². The van der Waals surface area contributed by atoms with Gasteiger partial charge in [0.05, 0.1) is 19.3 Å². The van der Waals surface area contributed by atoms with Crippen molar-refractivity contribution in [2.45, 2.75) is 12.7 Å². The molecular formula is C17H11ClF3N5O2S. The minimum absolute atomic E-state index is 0.191. The van der Waals surface area contributed by atoms with E-state index in [0.29, 0.717) is 21.3 Å². The summed E-state index contributed by atoms with van der Waals surface area (Å²) in [4.78, 5) is 21.5. The molecule has 7 nitrogen and oxygen atoms in total. The SMILES string of the molecule is COc1sc2nc(Cn3nc(C(F)(F)F)cc3Cl)cc(=O)n2c1-c1cccnc1. The zero-order chi connectivity index (χ0) is 20.8. The van der Waals surface area contributed by atoms with E-state index in [2.05, 4.69) is 15.1 Å². The molecule has 0 aliphatic carbocycles. The molecule has 150 valence electrons. The molecule has 0 aliphatic rings. The second-order valence-corrected chi connectivity index (χ2v) is 7.22. The Morgan fingerprint density at radius 2 is 2.10 bits per heavy atom. The Kier molecular flexibility index (Phi) is 4.79. The summed E-state index contributed by atoms with van der Waals surface area (Å²) in [5, 5.41) is 3.70. The van der Waals surface area contributed by atoms with Crippen LogP contribution in [0.2, 0.25) is 5.15 Å². The third kappa shape index (κ3) is 3.58. The Labute approximate surface area is 170 Å². The summed E-state index contributed by atoms with van der Waals surface area (Å²) in [6.45, 7) is -0.191. The van der Waals surface area contributed by atoms with Gasteiger partial charge in [0, 0.05) is 30.1 Å². The van der Waals surface area contributed by atoms with Gasteiger partial charge in [-0.1, -0.05) is 22.9 Å². The van der Waals surface area contributed by atoms with Crippen molar-refractivity contribution in [1.82, 2.24) is 24.1 Å². The predicted octanol–water partition coefficient (Wildman–Crippen LogP) is 3.74. The highest BCUT2D eigenvalue weighted by Crippen LogP contribution is 2.36. The van der Waals surface area contributed by atoms with E-state index >= 15 is 0 Å². The van der Waals surface area contributed by atoms with Crippen LogP contribution in [0.4, 0.5) is 13.2 Å². The van der Waals surface area contributed by atoms with Gasteiger partial charge in [-0.2, -0.15) is 18.3 Å². The number of halogens is 4. The highest BCUT2D eigenvalue weighted by molar-refractivity contribution is 7.19.